The Kier molecular flexibility index (Phi) is 4.10. The van der Waals surface area contributed by atoms with E-state index in [2.05, 4.69) is 34.1 Å². The van der Waals surface area contributed by atoms with E-state index >= 15 is 0 Å². The summed E-state index contributed by atoms with van der Waals surface area (Å²) in [5.74, 6) is -0.0293. The fourth-order valence-electron chi connectivity index (χ4n) is 3.99. The lowest BCUT2D eigenvalue weighted by molar-refractivity contribution is -0.138. The van der Waals surface area contributed by atoms with Crippen molar-refractivity contribution in [3.63, 3.8) is 0 Å². The summed E-state index contributed by atoms with van der Waals surface area (Å²) in [6, 6.07) is 10.9. The van der Waals surface area contributed by atoms with Crippen LogP contribution >= 0.6 is 0 Å². The van der Waals surface area contributed by atoms with Crippen molar-refractivity contribution >= 4 is 22.7 Å². The predicted molar refractivity (Wildman–Crippen MR) is 92.4 cm³/mol. The molecule has 0 spiro atoms. The van der Waals surface area contributed by atoms with Gasteiger partial charge in [0.05, 0.1) is 0 Å². The molecule has 0 unspecified atom stereocenters. The van der Waals surface area contributed by atoms with Gasteiger partial charge in [0, 0.05) is 43.2 Å². The topological polar surface area (TPSA) is 56.4 Å². The molecule has 2 aliphatic heterocycles. The Balaban J connectivity index is 1.50. The number of rotatable bonds is 4. The van der Waals surface area contributed by atoms with Crippen LogP contribution in [0, 0.1) is 0 Å². The molecule has 1 aromatic heterocycles. The second-order valence-corrected chi connectivity index (χ2v) is 6.80. The molecule has 0 bridgehead atoms. The van der Waals surface area contributed by atoms with Crippen LogP contribution < -0.4 is 0 Å². The van der Waals surface area contributed by atoms with E-state index in [4.69, 9.17) is 0 Å². The number of amides is 2. The van der Waals surface area contributed by atoms with Gasteiger partial charge in [0.15, 0.2) is 0 Å². The summed E-state index contributed by atoms with van der Waals surface area (Å²) >= 11 is 0. The van der Waals surface area contributed by atoms with Crippen LogP contribution in [0.15, 0.2) is 30.3 Å². The first kappa shape index (κ1) is 15.4. The lowest BCUT2D eigenvalue weighted by atomic mass is 9.99. The van der Waals surface area contributed by atoms with E-state index in [9.17, 15) is 9.59 Å². The number of benzene rings is 1. The standard InChI is InChI=1S/C19H23N3O2/c23-18-8-9-19(24)22(18)12-11-21-10-4-3-7-17(21)16-13-14-5-1-2-6-15(14)20-16/h1-2,5-6,13,17,20H,3-4,7-12H2/t17-/m0/s1. The highest BCUT2D eigenvalue weighted by Gasteiger charge is 2.31. The average Bonchev–Trinajstić information content (AvgIpc) is 3.17. The largest absolute Gasteiger partial charge is 0.357 e. The molecule has 5 heteroatoms. The van der Waals surface area contributed by atoms with Crippen molar-refractivity contribution in [3.8, 4) is 0 Å². The number of aromatic amines is 1. The van der Waals surface area contributed by atoms with Crippen molar-refractivity contribution in [1.82, 2.24) is 14.8 Å². The number of H-pyrrole nitrogens is 1. The predicted octanol–water partition coefficient (Wildman–Crippen LogP) is 2.84. The van der Waals surface area contributed by atoms with E-state index < -0.39 is 0 Å². The number of carbonyl (C=O) groups excluding carboxylic acids is 2. The van der Waals surface area contributed by atoms with E-state index in [1.165, 1.54) is 34.3 Å². The van der Waals surface area contributed by atoms with E-state index in [0.717, 1.165) is 19.5 Å². The Labute approximate surface area is 141 Å². The summed E-state index contributed by atoms with van der Waals surface area (Å²) in [4.78, 5) is 31.0. The molecule has 0 radical (unpaired) electrons. The van der Waals surface area contributed by atoms with E-state index in [0.29, 0.717) is 25.4 Å². The molecule has 2 aliphatic rings. The summed E-state index contributed by atoms with van der Waals surface area (Å²) in [6.45, 7) is 2.31. The molecule has 5 nitrogen and oxygen atoms in total. The number of likely N-dealkylation sites (tertiary alicyclic amines) is 2. The molecule has 2 amide bonds. The highest BCUT2D eigenvalue weighted by molar-refractivity contribution is 6.01. The van der Waals surface area contributed by atoms with Crippen LogP contribution in [0.4, 0.5) is 0 Å². The van der Waals surface area contributed by atoms with Gasteiger partial charge in [-0.25, -0.2) is 0 Å². The number of hydrogen-bond donors (Lipinski definition) is 1. The van der Waals surface area contributed by atoms with Crippen LogP contribution in [0.25, 0.3) is 10.9 Å². The fraction of sp³-hybridized carbons (Fsp3) is 0.474. The third-order valence-electron chi connectivity index (χ3n) is 5.29. The summed E-state index contributed by atoms with van der Waals surface area (Å²) in [5, 5.41) is 1.24. The van der Waals surface area contributed by atoms with Gasteiger partial charge in [0.2, 0.25) is 11.8 Å². The average molecular weight is 325 g/mol. The number of fused-ring (bicyclic) bond motifs is 1. The first-order valence-electron chi connectivity index (χ1n) is 8.87. The molecule has 0 aliphatic carbocycles. The van der Waals surface area contributed by atoms with Gasteiger partial charge in [-0.1, -0.05) is 24.6 Å². The summed E-state index contributed by atoms with van der Waals surface area (Å²) < 4.78 is 0. The highest BCUT2D eigenvalue weighted by Crippen LogP contribution is 2.32. The molecule has 2 saturated heterocycles. The molecule has 4 rings (SSSR count). The minimum atomic E-state index is -0.0147. The Morgan fingerprint density at radius 3 is 2.62 bits per heavy atom. The van der Waals surface area contributed by atoms with Gasteiger partial charge >= 0.3 is 0 Å². The molecule has 2 aromatic rings. The van der Waals surface area contributed by atoms with Crippen LogP contribution in [-0.2, 0) is 9.59 Å². The van der Waals surface area contributed by atoms with Gasteiger partial charge < -0.3 is 4.98 Å². The smallest absolute Gasteiger partial charge is 0.229 e. The minimum absolute atomic E-state index is 0.0147. The Morgan fingerprint density at radius 1 is 1.04 bits per heavy atom. The Bertz CT molecular complexity index is 718. The number of nitrogens with zero attached hydrogens (tertiary/aromatic N) is 2. The van der Waals surface area contributed by atoms with Crippen LogP contribution in [0.2, 0.25) is 0 Å². The quantitative estimate of drug-likeness (QED) is 0.880. The van der Waals surface area contributed by atoms with Crippen molar-refractivity contribution < 1.29 is 9.59 Å². The third kappa shape index (κ3) is 2.84. The summed E-state index contributed by atoms with van der Waals surface area (Å²) in [6.07, 6.45) is 4.28. The molecule has 126 valence electrons. The lowest BCUT2D eigenvalue weighted by Gasteiger charge is -2.36. The van der Waals surface area contributed by atoms with E-state index in [1.54, 1.807) is 0 Å². The van der Waals surface area contributed by atoms with Crippen molar-refractivity contribution in [1.29, 1.82) is 0 Å². The number of carbonyl (C=O) groups is 2. The molecule has 2 fully saturated rings. The molecule has 0 saturated carbocycles. The van der Waals surface area contributed by atoms with Crippen molar-refractivity contribution in [2.24, 2.45) is 0 Å². The first-order valence-corrected chi connectivity index (χ1v) is 8.87. The maximum Gasteiger partial charge on any atom is 0.229 e. The lowest BCUT2D eigenvalue weighted by Crippen LogP contribution is -2.41. The molecule has 1 atom stereocenters. The number of piperidine rings is 1. The zero-order valence-electron chi connectivity index (χ0n) is 13.8. The second-order valence-electron chi connectivity index (χ2n) is 6.80. The van der Waals surface area contributed by atoms with Gasteiger partial charge in [-0.3, -0.25) is 19.4 Å². The van der Waals surface area contributed by atoms with Crippen LogP contribution in [-0.4, -0.2) is 46.2 Å². The van der Waals surface area contributed by atoms with Gasteiger partial charge in [-0.2, -0.15) is 0 Å². The zero-order valence-corrected chi connectivity index (χ0v) is 13.8. The second kappa shape index (κ2) is 6.40. The number of hydrogen-bond acceptors (Lipinski definition) is 3. The summed E-state index contributed by atoms with van der Waals surface area (Å²) in [5.41, 5.74) is 2.41. The summed E-state index contributed by atoms with van der Waals surface area (Å²) in [7, 11) is 0. The van der Waals surface area contributed by atoms with Crippen molar-refractivity contribution in [2.75, 3.05) is 19.6 Å². The molecular weight excluding hydrogens is 302 g/mol. The zero-order chi connectivity index (χ0) is 16.5. The van der Waals surface area contributed by atoms with Crippen LogP contribution in [0.5, 0.6) is 0 Å². The monoisotopic (exact) mass is 325 g/mol. The van der Waals surface area contributed by atoms with Gasteiger partial charge in [-0.15, -0.1) is 0 Å². The molecule has 24 heavy (non-hydrogen) atoms. The first-order chi connectivity index (χ1) is 11.7. The highest BCUT2D eigenvalue weighted by atomic mass is 16.2. The number of nitrogens with one attached hydrogen (secondary N) is 1. The maximum atomic E-state index is 11.8. The van der Waals surface area contributed by atoms with E-state index in [-0.39, 0.29) is 11.8 Å². The number of aromatic nitrogens is 1. The van der Waals surface area contributed by atoms with Crippen molar-refractivity contribution in [3.05, 3.63) is 36.0 Å². The van der Waals surface area contributed by atoms with Gasteiger partial charge in [0.25, 0.3) is 0 Å². The Hall–Kier alpha value is -2.14. The molecule has 1 N–H and O–H groups in total. The minimum Gasteiger partial charge on any atom is -0.357 e. The van der Waals surface area contributed by atoms with Gasteiger partial charge in [0.1, 0.15) is 0 Å². The normalized spacial score (nSPS) is 22.7. The molecular formula is C19H23N3O2. The van der Waals surface area contributed by atoms with Crippen molar-refractivity contribution in [2.45, 2.75) is 38.1 Å². The number of para-hydroxylation sites is 1. The molecule has 1 aromatic carbocycles. The third-order valence-corrected chi connectivity index (χ3v) is 5.29. The number of imide groups is 1. The van der Waals surface area contributed by atoms with Crippen LogP contribution in [0.3, 0.4) is 0 Å². The maximum absolute atomic E-state index is 11.8. The Morgan fingerprint density at radius 2 is 1.83 bits per heavy atom. The molecule has 3 heterocycles. The SMILES string of the molecule is O=C1CCC(=O)N1CCN1CCCC[C@H]1c1cc2ccccc2[nH]1. The fourth-order valence-corrected chi connectivity index (χ4v) is 3.99. The van der Waals surface area contributed by atoms with Crippen LogP contribution in [0.1, 0.15) is 43.8 Å². The van der Waals surface area contributed by atoms with E-state index in [1.807, 2.05) is 6.07 Å². The van der Waals surface area contributed by atoms with Gasteiger partial charge in [-0.05, 0) is 36.9 Å².